The van der Waals surface area contributed by atoms with Crippen molar-refractivity contribution in [2.45, 2.75) is 59.4 Å². The van der Waals surface area contributed by atoms with Crippen molar-refractivity contribution in [3.8, 4) is 0 Å². The van der Waals surface area contributed by atoms with Gasteiger partial charge >= 0.3 is 0 Å². The third-order valence-corrected chi connectivity index (χ3v) is 6.13. The molecule has 0 aromatic heterocycles. The van der Waals surface area contributed by atoms with Gasteiger partial charge < -0.3 is 10.6 Å². The molecule has 0 aliphatic heterocycles. The van der Waals surface area contributed by atoms with Gasteiger partial charge in [-0.2, -0.15) is 0 Å². The van der Waals surface area contributed by atoms with Crippen LogP contribution < -0.4 is 10.6 Å². The second kappa shape index (κ2) is 10.3. The molecule has 0 spiro atoms. The lowest BCUT2D eigenvalue weighted by Gasteiger charge is -2.22. The van der Waals surface area contributed by atoms with Gasteiger partial charge in [0, 0.05) is 16.8 Å². The van der Waals surface area contributed by atoms with E-state index in [4.69, 9.17) is 12.2 Å². The Morgan fingerprint density at radius 2 is 1.64 bits per heavy atom. The van der Waals surface area contributed by atoms with E-state index in [1.807, 2.05) is 48.5 Å². The maximum atomic E-state index is 13.0. The van der Waals surface area contributed by atoms with E-state index in [9.17, 15) is 4.79 Å². The number of nitrogens with one attached hydrogen (secondary N) is 2. The van der Waals surface area contributed by atoms with E-state index in [0.717, 1.165) is 12.1 Å². The molecule has 0 saturated heterocycles. The second-order valence-corrected chi connectivity index (χ2v) is 10.1. The van der Waals surface area contributed by atoms with Crippen molar-refractivity contribution >= 4 is 28.8 Å². The Labute approximate surface area is 203 Å². The lowest BCUT2D eigenvalue weighted by atomic mass is 9.86. The predicted molar refractivity (Wildman–Crippen MR) is 143 cm³/mol. The standard InChI is InChI=1S/C29H34N2OS/c1-7-26(25-16-11-19(2)17-20(25)3)31-28(33)30-24-10-8-9-22(18-24)27(32)21-12-14-23(15-13-21)29(4,5)6/h8-18,26H,7H2,1-6H3,(H2,30,31,33). The smallest absolute Gasteiger partial charge is 0.193 e. The fourth-order valence-electron chi connectivity index (χ4n) is 3.97. The molecule has 0 aliphatic carbocycles. The summed E-state index contributed by atoms with van der Waals surface area (Å²) in [5, 5.41) is 7.22. The summed E-state index contributed by atoms with van der Waals surface area (Å²) in [6, 6.07) is 22.0. The molecule has 2 N–H and O–H groups in total. The van der Waals surface area contributed by atoms with Crippen LogP contribution in [-0.2, 0) is 5.41 Å². The minimum absolute atomic E-state index is 0.000276. The molecule has 1 atom stereocenters. The fraction of sp³-hybridized carbons (Fsp3) is 0.310. The van der Waals surface area contributed by atoms with Gasteiger partial charge in [0.15, 0.2) is 10.9 Å². The van der Waals surface area contributed by atoms with Crippen LogP contribution in [0, 0.1) is 13.8 Å². The van der Waals surface area contributed by atoms with Crippen LogP contribution in [0.25, 0.3) is 0 Å². The number of carbonyl (C=O) groups is 1. The molecule has 0 radical (unpaired) electrons. The van der Waals surface area contributed by atoms with E-state index in [1.54, 1.807) is 0 Å². The minimum atomic E-state index is -0.000276. The number of aryl methyl sites for hydroxylation is 2. The first-order valence-corrected chi connectivity index (χ1v) is 11.9. The summed E-state index contributed by atoms with van der Waals surface area (Å²) in [5.74, 6) is -0.000276. The van der Waals surface area contributed by atoms with E-state index in [0.29, 0.717) is 16.2 Å². The highest BCUT2D eigenvalue weighted by atomic mass is 32.1. The van der Waals surface area contributed by atoms with Gasteiger partial charge in [0.05, 0.1) is 6.04 Å². The molecule has 33 heavy (non-hydrogen) atoms. The SMILES string of the molecule is CCC(NC(=S)Nc1cccc(C(=O)c2ccc(C(C)(C)C)cc2)c1)c1ccc(C)cc1C. The van der Waals surface area contributed by atoms with Gasteiger partial charge in [-0.05, 0) is 66.7 Å². The van der Waals surface area contributed by atoms with Crippen molar-refractivity contribution in [3.05, 3.63) is 100 Å². The van der Waals surface area contributed by atoms with E-state index >= 15 is 0 Å². The maximum Gasteiger partial charge on any atom is 0.193 e. The first kappa shape index (κ1) is 24.7. The molecule has 1 unspecified atom stereocenters. The summed E-state index contributed by atoms with van der Waals surface area (Å²) in [6.45, 7) is 12.9. The summed E-state index contributed by atoms with van der Waals surface area (Å²) >= 11 is 5.59. The van der Waals surface area contributed by atoms with E-state index in [2.05, 4.69) is 70.4 Å². The van der Waals surface area contributed by atoms with Crippen LogP contribution in [0.15, 0.2) is 66.7 Å². The lowest BCUT2D eigenvalue weighted by Crippen LogP contribution is -2.32. The molecule has 0 aliphatic rings. The van der Waals surface area contributed by atoms with Crippen molar-refractivity contribution in [2.75, 3.05) is 5.32 Å². The molecule has 3 nitrogen and oxygen atoms in total. The zero-order valence-corrected chi connectivity index (χ0v) is 21.3. The molecule has 0 fully saturated rings. The third kappa shape index (κ3) is 6.29. The zero-order valence-electron chi connectivity index (χ0n) is 20.5. The molecule has 0 heterocycles. The van der Waals surface area contributed by atoms with Gasteiger partial charge in [-0.25, -0.2) is 0 Å². The van der Waals surface area contributed by atoms with Gasteiger partial charge in [0.2, 0.25) is 0 Å². The molecule has 3 rings (SSSR count). The van der Waals surface area contributed by atoms with Gasteiger partial charge in [-0.3, -0.25) is 4.79 Å². The number of hydrogen-bond donors (Lipinski definition) is 2. The Morgan fingerprint density at radius 1 is 0.939 bits per heavy atom. The summed E-state index contributed by atoms with van der Waals surface area (Å²) < 4.78 is 0. The van der Waals surface area contributed by atoms with Crippen molar-refractivity contribution in [1.82, 2.24) is 5.32 Å². The number of ketones is 1. The van der Waals surface area contributed by atoms with E-state index < -0.39 is 0 Å². The molecule has 0 saturated carbocycles. The average molecular weight is 459 g/mol. The van der Waals surface area contributed by atoms with Crippen molar-refractivity contribution in [3.63, 3.8) is 0 Å². The number of rotatable bonds is 6. The summed E-state index contributed by atoms with van der Waals surface area (Å²) in [4.78, 5) is 13.0. The first-order chi connectivity index (χ1) is 15.6. The van der Waals surface area contributed by atoms with Crippen LogP contribution >= 0.6 is 12.2 Å². The van der Waals surface area contributed by atoms with Crippen LogP contribution in [0.1, 0.15) is 78.3 Å². The second-order valence-electron chi connectivity index (χ2n) is 9.66. The first-order valence-electron chi connectivity index (χ1n) is 11.5. The van der Waals surface area contributed by atoms with E-state index in [-0.39, 0.29) is 17.2 Å². The highest BCUT2D eigenvalue weighted by molar-refractivity contribution is 7.80. The Bertz CT molecular complexity index is 1140. The highest BCUT2D eigenvalue weighted by Gasteiger charge is 2.16. The summed E-state index contributed by atoms with van der Waals surface area (Å²) in [7, 11) is 0. The normalized spacial score (nSPS) is 12.2. The summed E-state index contributed by atoms with van der Waals surface area (Å²) in [6.07, 6.45) is 0.912. The largest absolute Gasteiger partial charge is 0.356 e. The fourth-order valence-corrected chi connectivity index (χ4v) is 4.23. The molecular weight excluding hydrogens is 424 g/mol. The van der Waals surface area contributed by atoms with Gasteiger partial charge in [0.1, 0.15) is 0 Å². The Hall–Kier alpha value is -2.98. The molecule has 3 aromatic rings. The molecule has 3 aromatic carbocycles. The predicted octanol–water partition coefficient (Wildman–Crippen LogP) is 7.27. The summed E-state index contributed by atoms with van der Waals surface area (Å²) in [5.41, 5.74) is 7.12. The number of thiocarbonyl (C=S) groups is 1. The molecular formula is C29H34N2OS. The Morgan fingerprint density at radius 3 is 2.24 bits per heavy atom. The Kier molecular flexibility index (Phi) is 7.70. The van der Waals surface area contributed by atoms with Crippen molar-refractivity contribution in [2.24, 2.45) is 0 Å². The number of benzene rings is 3. The van der Waals surface area contributed by atoms with Crippen molar-refractivity contribution in [1.29, 1.82) is 0 Å². The Balaban J connectivity index is 1.71. The van der Waals surface area contributed by atoms with Crippen molar-refractivity contribution < 1.29 is 4.79 Å². The van der Waals surface area contributed by atoms with Gasteiger partial charge in [0.25, 0.3) is 0 Å². The van der Waals surface area contributed by atoms with Crippen LogP contribution in [-0.4, -0.2) is 10.9 Å². The number of anilines is 1. The topological polar surface area (TPSA) is 41.1 Å². The number of carbonyl (C=O) groups excluding carboxylic acids is 1. The van der Waals surface area contributed by atoms with Crippen LogP contribution in [0.2, 0.25) is 0 Å². The van der Waals surface area contributed by atoms with Gasteiger partial charge in [-0.15, -0.1) is 0 Å². The monoisotopic (exact) mass is 458 g/mol. The quantitative estimate of drug-likeness (QED) is 0.301. The molecule has 4 heteroatoms. The highest BCUT2D eigenvalue weighted by Crippen LogP contribution is 2.24. The zero-order chi connectivity index (χ0) is 24.2. The molecule has 0 bridgehead atoms. The van der Waals surface area contributed by atoms with Gasteiger partial charge in [-0.1, -0.05) is 87.9 Å². The molecule has 0 amide bonds. The lowest BCUT2D eigenvalue weighted by molar-refractivity contribution is 0.103. The number of hydrogen-bond acceptors (Lipinski definition) is 2. The van der Waals surface area contributed by atoms with Crippen LogP contribution in [0.3, 0.4) is 0 Å². The van der Waals surface area contributed by atoms with E-state index in [1.165, 1.54) is 22.3 Å². The minimum Gasteiger partial charge on any atom is -0.356 e. The van der Waals surface area contributed by atoms with Crippen LogP contribution in [0.4, 0.5) is 5.69 Å². The average Bonchev–Trinajstić information content (AvgIpc) is 2.77. The third-order valence-electron chi connectivity index (χ3n) is 5.91. The maximum absolute atomic E-state index is 13.0. The molecule has 172 valence electrons. The van der Waals surface area contributed by atoms with Crippen LogP contribution in [0.5, 0.6) is 0 Å².